The lowest BCUT2D eigenvalue weighted by Crippen LogP contribution is -2.45. The summed E-state index contributed by atoms with van der Waals surface area (Å²) < 4.78 is 11.7. The van der Waals surface area contributed by atoms with Gasteiger partial charge in [0.05, 0.1) is 18.6 Å². The molecule has 0 N–H and O–H groups in total. The normalized spacial score (nSPS) is 19.8. The molecule has 5 nitrogen and oxygen atoms in total. The Kier molecular flexibility index (Phi) is 3.69. The minimum absolute atomic E-state index is 0.362. The molecule has 0 amide bonds. The molecule has 0 atom stereocenters. The van der Waals surface area contributed by atoms with E-state index in [0.717, 1.165) is 42.0 Å². The van der Waals surface area contributed by atoms with Crippen molar-refractivity contribution in [3.8, 4) is 11.1 Å². The summed E-state index contributed by atoms with van der Waals surface area (Å²) >= 11 is 1.68. The van der Waals surface area contributed by atoms with Gasteiger partial charge < -0.3 is 14.4 Å². The highest BCUT2D eigenvalue weighted by Crippen LogP contribution is 2.40. The van der Waals surface area contributed by atoms with E-state index in [-0.39, 0.29) is 5.79 Å². The average molecular weight is 353 g/mol. The predicted molar refractivity (Wildman–Crippen MR) is 98.9 cm³/mol. The second kappa shape index (κ2) is 6.05. The first-order valence-corrected chi connectivity index (χ1v) is 9.53. The second-order valence-corrected chi connectivity index (χ2v) is 7.35. The van der Waals surface area contributed by atoms with E-state index in [4.69, 9.17) is 9.47 Å². The van der Waals surface area contributed by atoms with E-state index in [9.17, 15) is 0 Å². The molecule has 0 bridgehead atoms. The van der Waals surface area contributed by atoms with Crippen LogP contribution in [-0.2, 0) is 9.47 Å². The molecular weight excluding hydrogens is 334 g/mol. The van der Waals surface area contributed by atoms with Crippen molar-refractivity contribution in [3.05, 3.63) is 42.0 Å². The molecule has 25 heavy (non-hydrogen) atoms. The van der Waals surface area contributed by atoms with E-state index in [0.29, 0.717) is 13.2 Å². The Bertz CT molecular complexity index is 880. The van der Waals surface area contributed by atoms with Crippen LogP contribution < -0.4 is 4.90 Å². The Labute approximate surface area is 150 Å². The zero-order chi connectivity index (χ0) is 16.7. The number of anilines is 1. The first kappa shape index (κ1) is 15.3. The van der Waals surface area contributed by atoms with Gasteiger partial charge >= 0.3 is 0 Å². The van der Waals surface area contributed by atoms with Crippen molar-refractivity contribution < 1.29 is 9.47 Å². The molecule has 2 aliphatic heterocycles. The maximum absolute atomic E-state index is 5.85. The van der Waals surface area contributed by atoms with Crippen LogP contribution in [0.5, 0.6) is 0 Å². The van der Waals surface area contributed by atoms with Crippen LogP contribution >= 0.6 is 11.3 Å². The molecule has 0 unspecified atom stereocenters. The Morgan fingerprint density at radius 2 is 1.76 bits per heavy atom. The molecule has 2 fully saturated rings. The molecule has 2 saturated heterocycles. The number of benzene rings is 1. The van der Waals surface area contributed by atoms with Gasteiger partial charge in [0.15, 0.2) is 5.79 Å². The van der Waals surface area contributed by atoms with Gasteiger partial charge in [0.1, 0.15) is 17.0 Å². The summed E-state index contributed by atoms with van der Waals surface area (Å²) in [4.78, 5) is 12.5. The Hall–Kier alpha value is -2.02. The van der Waals surface area contributed by atoms with Crippen LogP contribution in [-0.4, -0.2) is 42.1 Å². The number of piperidine rings is 1. The molecule has 3 aromatic rings. The monoisotopic (exact) mass is 353 g/mol. The Balaban J connectivity index is 1.52. The first-order chi connectivity index (χ1) is 12.3. The van der Waals surface area contributed by atoms with E-state index < -0.39 is 0 Å². The number of ether oxygens (including phenoxy) is 2. The Morgan fingerprint density at radius 1 is 1.00 bits per heavy atom. The summed E-state index contributed by atoms with van der Waals surface area (Å²) in [5.41, 5.74) is 2.42. The lowest BCUT2D eigenvalue weighted by atomic mass is 10.0. The highest BCUT2D eigenvalue weighted by Gasteiger charge is 2.40. The highest BCUT2D eigenvalue weighted by molar-refractivity contribution is 7.17. The molecule has 0 aliphatic carbocycles. The van der Waals surface area contributed by atoms with Gasteiger partial charge in [-0.1, -0.05) is 30.3 Å². The van der Waals surface area contributed by atoms with Crippen molar-refractivity contribution in [1.29, 1.82) is 0 Å². The lowest BCUT2D eigenvalue weighted by Gasteiger charge is -2.38. The third-order valence-electron chi connectivity index (χ3n) is 5.07. The van der Waals surface area contributed by atoms with Crippen LogP contribution in [0.25, 0.3) is 21.3 Å². The summed E-state index contributed by atoms with van der Waals surface area (Å²) in [5.74, 6) is 0.664. The molecule has 6 heteroatoms. The SMILES string of the molecule is c1ccc(-c2csc3ncnc(N4CCC5(CC4)OCCO5)c23)cc1. The Morgan fingerprint density at radius 3 is 2.52 bits per heavy atom. The maximum Gasteiger partial charge on any atom is 0.171 e. The first-order valence-electron chi connectivity index (χ1n) is 8.65. The third kappa shape index (κ3) is 2.61. The largest absolute Gasteiger partial charge is 0.356 e. The van der Waals surface area contributed by atoms with E-state index in [1.807, 2.05) is 6.07 Å². The smallest absolute Gasteiger partial charge is 0.171 e. The minimum atomic E-state index is -0.362. The molecule has 5 rings (SSSR count). The number of rotatable bonds is 2. The van der Waals surface area contributed by atoms with Crippen LogP contribution in [0.2, 0.25) is 0 Å². The van der Waals surface area contributed by atoms with Crippen LogP contribution in [0.1, 0.15) is 12.8 Å². The maximum atomic E-state index is 5.85. The summed E-state index contributed by atoms with van der Waals surface area (Å²) in [6.07, 6.45) is 3.43. The van der Waals surface area contributed by atoms with Gasteiger partial charge in [-0.05, 0) is 5.56 Å². The average Bonchev–Trinajstić information content (AvgIpc) is 3.30. The van der Waals surface area contributed by atoms with Crippen molar-refractivity contribution in [2.75, 3.05) is 31.2 Å². The molecule has 128 valence electrons. The quantitative estimate of drug-likeness (QED) is 0.703. The number of fused-ring (bicyclic) bond motifs is 1. The van der Waals surface area contributed by atoms with Crippen LogP contribution in [0.4, 0.5) is 5.82 Å². The molecule has 0 saturated carbocycles. The van der Waals surface area contributed by atoms with Crippen LogP contribution in [0, 0.1) is 0 Å². The molecule has 1 spiro atoms. The third-order valence-corrected chi connectivity index (χ3v) is 5.96. The fourth-order valence-electron chi connectivity index (χ4n) is 3.77. The number of aromatic nitrogens is 2. The van der Waals surface area contributed by atoms with Gasteiger partial charge in [-0.15, -0.1) is 11.3 Å². The number of thiophene rings is 1. The summed E-state index contributed by atoms with van der Waals surface area (Å²) in [7, 11) is 0. The van der Waals surface area contributed by atoms with Crippen LogP contribution in [0.3, 0.4) is 0 Å². The molecular formula is C19H19N3O2S. The van der Waals surface area contributed by atoms with E-state index in [1.165, 1.54) is 11.1 Å². The van der Waals surface area contributed by atoms with E-state index in [2.05, 4.69) is 44.5 Å². The highest BCUT2D eigenvalue weighted by atomic mass is 32.1. The van der Waals surface area contributed by atoms with Gasteiger partial charge in [0, 0.05) is 36.9 Å². The van der Waals surface area contributed by atoms with E-state index in [1.54, 1.807) is 17.7 Å². The summed E-state index contributed by atoms with van der Waals surface area (Å²) in [5, 5.41) is 3.34. The van der Waals surface area contributed by atoms with Gasteiger partial charge in [-0.25, -0.2) is 9.97 Å². The van der Waals surface area contributed by atoms with Crippen molar-refractivity contribution in [3.63, 3.8) is 0 Å². The van der Waals surface area contributed by atoms with E-state index >= 15 is 0 Å². The lowest BCUT2D eigenvalue weighted by molar-refractivity contribution is -0.169. The number of hydrogen-bond acceptors (Lipinski definition) is 6. The number of hydrogen-bond donors (Lipinski definition) is 0. The second-order valence-electron chi connectivity index (χ2n) is 6.49. The fourth-order valence-corrected chi connectivity index (χ4v) is 4.68. The van der Waals surface area contributed by atoms with Crippen molar-refractivity contribution >= 4 is 27.4 Å². The van der Waals surface area contributed by atoms with Gasteiger partial charge in [-0.2, -0.15) is 0 Å². The van der Waals surface area contributed by atoms with Crippen molar-refractivity contribution in [2.45, 2.75) is 18.6 Å². The van der Waals surface area contributed by atoms with Gasteiger partial charge in [-0.3, -0.25) is 0 Å². The molecule has 1 aromatic carbocycles. The van der Waals surface area contributed by atoms with Gasteiger partial charge in [0.25, 0.3) is 0 Å². The number of nitrogens with zero attached hydrogens (tertiary/aromatic N) is 3. The zero-order valence-corrected chi connectivity index (χ0v) is 14.7. The van der Waals surface area contributed by atoms with Crippen molar-refractivity contribution in [2.24, 2.45) is 0 Å². The fraction of sp³-hybridized carbons (Fsp3) is 0.368. The summed E-state index contributed by atoms with van der Waals surface area (Å²) in [6, 6.07) is 10.5. The summed E-state index contributed by atoms with van der Waals surface area (Å²) in [6.45, 7) is 3.19. The van der Waals surface area contributed by atoms with Crippen LogP contribution in [0.15, 0.2) is 42.0 Å². The topological polar surface area (TPSA) is 47.5 Å². The van der Waals surface area contributed by atoms with Gasteiger partial charge in [0.2, 0.25) is 0 Å². The standard InChI is InChI=1S/C19H19N3O2S/c1-2-4-14(5-3-1)15-12-25-18-16(15)17(20-13-21-18)22-8-6-19(7-9-22)23-10-11-24-19/h1-5,12-13H,6-11H2. The predicted octanol–water partition coefficient (Wildman–Crippen LogP) is 3.70. The molecule has 4 heterocycles. The molecule has 0 radical (unpaired) electrons. The molecule has 2 aromatic heterocycles. The molecule has 2 aliphatic rings. The van der Waals surface area contributed by atoms with Crippen molar-refractivity contribution in [1.82, 2.24) is 9.97 Å². The minimum Gasteiger partial charge on any atom is -0.356 e. The zero-order valence-electron chi connectivity index (χ0n) is 13.9.